The topological polar surface area (TPSA) is 84.1 Å². The molecular weight excluding hydrogens is 399 g/mol. The standard InChI is InChI=1S/C21H16F3N3O3/c1-10-6-7-12-15(8-10)30-14-5-3-4-11(2)16(14)17(12)26-18(28)13-9-25-20(21(22,23)24)27-19(13)29/h3-9,17H,1-2H3,(H,26,28)(H,25,27,29). The zero-order valence-electron chi connectivity index (χ0n) is 15.9. The van der Waals surface area contributed by atoms with E-state index in [1.54, 1.807) is 17.1 Å². The Morgan fingerprint density at radius 3 is 2.63 bits per heavy atom. The Balaban J connectivity index is 1.75. The SMILES string of the molecule is Cc1ccc2c(c1)Oc1cccc(C)c1C2NC(=O)c1cnc(C(F)(F)F)[nH]c1=O. The van der Waals surface area contributed by atoms with E-state index in [0.717, 1.165) is 11.1 Å². The third-order valence-corrected chi connectivity index (χ3v) is 4.86. The zero-order chi connectivity index (χ0) is 21.6. The molecule has 0 saturated carbocycles. The van der Waals surface area contributed by atoms with Crippen molar-refractivity contribution in [3.63, 3.8) is 0 Å². The van der Waals surface area contributed by atoms with E-state index in [2.05, 4.69) is 10.3 Å². The summed E-state index contributed by atoms with van der Waals surface area (Å²) in [5, 5.41) is 2.75. The van der Waals surface area contributed by atoms with Crippen molar-refractivity contribution in [3.8, 4) is 11.5 Å². The molecule has 2 N–H and O–H groups in total. The summed E-state index contributed by atoms with van der Waals surface area (Å²) in [5.41, 5.74) is 1.50. The second-order valence-corrected chi connectivity index (χ2v) is 7.01. The highest BCUT2D eigenvalue weighted by Gasteiger charge is 2.35. The Kier molecular flexibility index (Phi) is 4.60. The molecule has 9 heteroatoms. The maximum atomic E-state index is 12.8. The number of aromatic amines is 1. The lowest BCUT2D eigenvalue weighted by Gasteiger charge is -2.30. The lowest BCUT2D eigenvalue weighted by Crippen LogP contribution is -2.36. The molecule has 1 amide bonds. The van der Waals surface area contributed by atoms with Crippen molar-refractivity contribution in [2.45, 2.75) is 26.1 Å². The number of hydrogen-bond donors (Lipinski definition) is 2. The van der Waals surface area contributed by atoms with Crippen molar-refractivity contribution in [1.82, 2.24) is 15.3 Å². The van der Waals surface area contributed by atoms with Crippen LogP contribution in [0.1, 0.15) is 44.5 Å². The first-order chi connectivity index (χ1) is 14.1. The number of ether oxygens (including phenoxy) is 1. The van der Waals surface area contributed by atoms with Crippen LogP contribution in [-0.2, 0) is 6.18 Å². The third kappa shape index (κ3) is 3.42. The van der Waals surface area contributed by atoms with E-state index in [9.17, 15) is 22.8 Å². The van der Waals surface area contributed by atoms with Crippen LogP contribution in [0, 0.1) is 13.8 Å². The Morgan fingerprint density at radius 2 is 1.93 bits per heavy atom. The minimum Gasteiger partial charge on any atom is -0.457 e. The zero-order valence-corrected chi connectivity index (χ0v) is 15.9. The number of carbonyl (C=O) groups is 1. The van der Waals surface area contributed by atoms with Gasteiger partial charge in [-0.05, 0) is 37.1 Å². The van der Waals surface area contributed by atoms with E-state index >= 15 is 0 Å². The molecule has 154 valence electrons. The first-order valence-corrected chi connectivity index (χ1v) is 9.00. The van der Waals surface area contributed by atoms with Crippen molar-refractivity contribution in [2.24, 2.45) is 0 Å². The van der Waals surface area contributed by atoms with Crippen LogP contribution in [0.4, 0.5) is 13.2 Å². The van der Waals surface area contributed by atoms with E-state index in [1.807, 2.05) is 38.1 Å². The van der Waals surface area contributed by atoms with Crippen LogP contribution in [0.15, 0.2) is 47.4 Å². The summed E-state index contributed by atoms with van der Waals surface area (Å²) in [6, 6.07) is 10.3. The molecule has 1 unspecified atom stereocenters. The normalized spacial score (nSPS) is 15.0. The molecule has 0 fully saturated rings. The van der Waals surface area contributed by atoms with Gasteiger partial charge in [-0.3, -0.25) is 9.59 Å². The summed E-state index contributed by atoms with van der Waals surface area (Å²) in [7, 11) is 0. The Labute approximate surface area is 168 Å². The molecule has 0 bridgehead atoms. The summed E-state index contributed by atoms with van der Waals surface area (Å²) in [6.07, 6.45) is -4.19. The van der Waals surface area contributed by atoms with Gasteiger partial charge < -0.3 is 15.0 Å². The maximum absolute atomic E-state index is 12.8. The third-order valence-electron chi connectivity index (χ3n) is 4.86. The van der Waals surface area contributed by atoms with Gasteiger partial charge in [0.25, 0.3) is 11.5 Å². The summed E-state index contributed by atoms with van der Waals surface area (Å²) in [6.45, 7) is 3.75. The van der Waals surface area contributed by atoms with Gasteiger partial charge in [0, 0.05) is 17.3 Å². The fourth-order valence-electron chi connectivity index (χ4n) is 3.41. The van der Waals surface area contributed by atoms with Crippen LogP contribution in [-0.4, -0.2) is 15.9 Å². The monoisotopic (exact) mass is 415 g/mol. The molecule has 1 aliphatic rings. The highest BCUT2D eigenvalue weighted by molar-refractivity contribution is 5.94. The van der Waals surface area contributed by atoms with E-state index in [1.165, 1.54) is 0 Å². The number of amides is 1. The number of aromatic nitrogens is 2. The first kappa shape index (κ1) is 19.7. The molecule has 6 nitrogen and oxygen atoms in total. The highest BCUT2D eigenvalue weighted by Crippen LogP contribution is 2.44. The summed E-state index contributed by atoms with van der Waals surface area (Å²) in [4.78, 5) is 29.7. The maximum Gasteiger partial charge on any atom is 0.449 e. The molecule has 2 aromatic carbocycles. The van der Waals surface area contributed by atoms with Gasteiger partial charge in [0.2, 0.25) is 5.82 Å². The van der Waals surface area contributed by atoms with E-state index < -0.39 is 35.1 Å². The molecule has 3 aromatic rings. The average molecular weight is 415 g/mol. The van der Waals surface area contributed by atoms with Gasteiger partial charge in [0.1, 0.15) is 17.1 Å². The summed E-state index contributed by atoms with van der Waals surface area (Å²) < 4.78 is 44.2. The lowest BCUT2D eigenvalue weighted by atomic mass is 9.90. The van der Waals surface area contributed by atoms with Gasteiger partial charge in [-0.1, -0.05) is 24.3 Å². The minimum absolute atomic E-state index is 0.515. The number of rotatable bonds is 2. The number of carbonyl (C=O) groups excluding carboxylic acids is 1. The predicted octanol–water partition coefficient (Wildman–Crippen LogP) is 4.03. The summed E-state index contributed by atoms with van der Waals surface area (Å²) >= 11 is 0. The van der Waals surface area contributed by atoms with E-state index in [4.69, 9.17) is 4.74 Å². The van der Waals surface area contributed by atoms with Crippen LogP contribution in [0.25, 0.3) is 0 Å². The molecule has 0 spiro atoms. The minimum atomic E-state index is -4.82. The lowest BCUT2D eigenvalue weighted by molar-refractivity contribution is -0.145. The van der Waals surface area contributed by atoms with Crippen LogP contribution in [0.2, 0.25) is 0 Å². The molecular formula is C21H16F3N3O3. The van der Waals surface area contributed by atoms with Crippen molar-refractivity contribution < 1.29 is 22.7 Å². The van der Waals surface area contributed by atoms with Crippen LogP contribution in [0.5, 0.6) is 11.5 Å². The Morgan fingerprint density at radius 1 is 1.17 bits per heavy atom. The number of alkyl halides is 3. The molecule has 30 heavy (non-hydrogen) atoms. The van der Waals surface area contributed by atoms with Crippen molar-refractivity contribution in [1.29, 1.82) is 0 Å². The Bertz CT molecular complexity index is 1220. The fourth-order valence-corrected chi connectivity index (χ4v) is 3.41. The molecule has 2 heterocycles. The van der Waals surface area contributed by atoms with Crippen LogP contribution >= 0.6 is 0 Å². The second-order valence-electron chi connectivity index (χ2n) is 7.01. The first-order valence-electron chi connectivity index (χ1n) is 9.00. The van der Waals surface area contributed by atoms with E-state index in [0.29, 0.717) is 28.8 Å². The number of H-pyrrole nitrogens is 1. The number of nitrogens with one attached hydrogen (secondary N) is 2. The molecule has 1 aromatic heterocycles. The van der Waals surface area contributed by atoms with Gasteiger partial charge in [-0.25, -0.2) is 4.98 Å². The quantitative estimate of drug-likeness (QED) is 0.662. The number of benzene rings is 2. The number of fused-ring (bicyclic) bond motifs is 2. The fraction of sp³-hybridized carbons (Fsp3) is 0.190. The van der Waals surface area contributed by atoms with Gasteiger partial charge in [0.05, 0.1) is 6.04 Å². The molecule has 0 radical (unpaired) electrons. The second kappa shape index (κ2) is 7.01. The summed E-state index contributed by atoms with van der Waals surface area (Å²) in [5.74, 6) is -1.20. The van der Waals surface area contributed by atoms with Crippen molar-refractivity contribution >= 4 is 5.91 Å². The number of halogens is 3. The van der Waals surface area contributed by atoms with Crippen LogP contribution in [0.3, 0.4) is 0 Å². The van der Waals surface area contributed by atoms with Gasteiger partial charge in [-0.2, -0.15) is 13.2 Å². The van der Waals surface area contributed by atoms with Crippen molar-refractivity contribution in [2.75, 3.05) is 0 Å². The number of aryl methyl sites for hydroxylation is 2. The predicted molar refractivity (Wildman–Crippen MR) is 102 cm³/mol. The van der Waals surface area contributed by atoms with E-state index in [-0.39, 0.29) is 0 Å². The molecule has 1 aliphatic heterocycles. The van der Waals surface area contributed by atoms with Gasteiger partial charge >= 0.3 is 6.18 Å². The van der Waals surface area contributed by atoms with Crippen LogP contribution < -0.4 is 15.6 Å². The largest absolute Gasteiger partial charge is 0.457 e. The Hall–Kier alpha value is -3.62. The van der Waals surface area contributed by atoms with Gasteiger partial charge in [0.15, 0.2) is 0 Å². The number of hydrogen-bond acceptors (Lipinski definition) is 4. The average Bonchev–Trinajstić information content (AvgIpc) is 2.66. The molecule has 0 saturated heterocycles. The van der Waals surface area contributed by atoms with Crippen molar-refractivity contribution in [3.05, 3.63) is 86.6 Å². The van der Waals surface area contributed by atoms with Gasteiger partial charge in [-0.15, -0.1) is 0 Å². The molecule has 1 atom stereocenters. The molecule has 0 aliphatic carbocycles. The highest BCUT2D eigenvalue weighted by atomic mass is 19.4. The molecule has 4 rings (SSSR count). The number of nitrogens with zero attached hydrogens (tertiary/aromatic N) is 1. The smallest absolute Gasteiger partial charge is 0.449 e.